The van der Waals surface area contributed by atoms with E-state index in [1.165, 1.54) is 224 Å². The van der Waals surface area contributed by atoms with E-state index in [0.29, 0.717) is 0 Å². The Labute approximate surface area is 339 Å². The molecular weight excluding hydrogens is 661 g/mol. The Morgan fingerprint density at radius 1 is 0.352 bits per heavy atom. The molecule has 0 aromatic heterocycles. The molecule has 0 bridgehead atoms. The minimum Gasteiger partial charge on any atom is -0.493 e. The van der Waals surface area contributed by atoms with Gasteiger partial charge < -0.3 is 14.6 Å². The molecule has 0 heterocycles. The van der Waals surface area contributed by atoms with Gasteiger partial charge in [0, 0.05) is 6.07 Å². The Balaban J connectivity index is 1.88. The molecule has 0 aliphatic heterocycles. The molecule has 3 nitrogen and oxygen atoms in total. The quantitative estimate of drug-likeness (QED) is 0.0674. The van der Waals surface area contributed by atoms with Gasteiger partial charge >= 0.3 is 0 Å². The fourth-order valence-electron chi connectivity index (χ4n) is 8.00. The Hall–Kier alpha value is -1.22. The highest BCUT2D eigenvalue weighted by Gasteiger charge is 2.05. The van der Waals surface area contributed by atoms with Gasteiger partial charge in [-0.1, -0.05) is 239 Å². The number of ether oxygens (including phenoxy) is 2. The summed E-state index contributed by atoms with van der Waals surface area (Å²) >= 11 is 0. The van der Waals surface area contributed by atoms with Gasteiger partial charge in [-0.3, -0.25) is 0 Å². The number of aliphatic hydroxyl groups is 1. The van der Waals surface area contributed by atoms with Crippen LogP contribution in [0.4, 0.5) is 0 Å². The lowest BCUT2D eigenvalue weighted by atomic mass is 10.0. The van der Waals surface area contributed by atoms with E-state index in [0.717, 1.165) is 56.8 Å². The number of benzene rings is 1. The highest BCUT2D eigenvalue weighted by Crippen LogP contribution is 2.24. The van der Waals surface area contributed by atoms with Crippen molar-refractivity contribution in [2.24, 2.45) is 0 Å². The molecule has 1 aromatic carbocycles. The van der Waals surface area contributed by atoms with Crippen LogP contribution in [0.3, 0.4) is 0 Å². The highest BCUT2D eigenvalue weighted by atomic mass is 16.5. The van der Waals surface area contributed by atoms with Crippen LogP contribution in [0, 0.1) is 6.92 Å². The number of aryl methyl sites for hydroxylation is 1. The molecule has 1 aromatic rings. The molecule has 0 aliphatic rings. The van der Waals surface area contributed by atoms with Gasteiger partial charge in [0.05, 0.1) is 19.3 Å². The highest BCUT2D eigenvalue weighted by molar-refractivity contribution is 5.37. The predicted molar refractivity (Wildman–Crippen MR) is 240 cm³/mol. The van der Waals surface area contributed by atoms with E-state index in [1.54, 1.807) is 0 Å². The van der Waals surface area contributed by atoms with E-state index in [-0.39, 0.29) is 6.10 Å². The van der Waals surface area contributed by atoms with E-state index in [9.17, 15) is 5.11 Å². The van der Waals surface area contributed by atoms with Crippen LogP contribution < -0.4 is 9.47 Å². The predicted octanol–water partition coefficient (Wildman–Crippen LogP) is 17.4. The normalized spacial score (nSPS) is 12.1. The van der Waals surface area contributed by atoms with Crippen molar-refractivity contribution in [2.75, 3.05) is 13.2 Å². The lowest BCUT2D eigenvalue weighted by Crippen LogP contribution is -2.06. The molecule has 0 aliphatic carbocycles. The van der Waals surface area contributed by atoms with Gasteiger partial charge in [0.25, 0.3) is 0 Å². The van der Waals surface area contributed by atoms with Crippen molar-refractivity contribution in [1.82, 2.24) is 0 Å². The largest absolute Gasteiger partial charge is 0.493 e. The van der Waals surface area contributed by atoms with Gasteiger partial charge in [-0.05, 0) is 50.3 Å². The molecule has 0 fully saturated rings. The number of aliphatic hydroxyl groups excluding tert-OH is 1. The molecule has 0 saturated heterocycles. The Morgan fingerprint density at radius 2 is 0.593 bits per heavy atom. The first-order chi connectivity index (χ1) is 26.7. The van der Waals surface area contributed by atoms with E-state index in [1.807, 2.05) is 0 Å². The maximum atomic E-state index is 10.4. The maximum Gasteiger partial charge on any atom is 0.123 e. The Kier molecular flexibility index (Phi) is 39.0. The van der Waals surface area contributed by atoms with Gasteiger partial charge in [0.15, 0.2) is 0 Å². The topological polar surface area (TPSA) is 38.7 Å². The molecule has 0 spiro atoms. The SMILES string of the molecule is CCCCCCCCCCCCCCCCCCCCCCOc1cc(C)cc(OCCCCCCC(O)CCCCCCCCCCCCCCC)c1. The van der Waals surface area contributed by atoms with Crippen LogP contribution in [0.15, 0.2) is 18.2 Å². The number of rotatable bonds is 44. The summed E-state index contributed by atoms with van der Waals surface area (Å²) in [7, 11) is 0. The fraction of sp³-hybridized carbons (Fsp3) is 0.882. The second-order valence-corrected chi connectivity index (χ2v) is 17.3. The van der Waals surface area contributed by atoms with Gasteiger partial charge in [-0.15, -0.1) is 0 Å². The van der Waals surface area contributed by atoms with Gasteiger partial charge in [0.2, 0.25) is 0 Å². The molecular formula is C51H96O3. The van der Waals surface area contributed by atoms with Crippen molar-refractivity contribution in [3.05, 3.63) is 23.8 Å². The van der Waals surface area contributed by atoms with E-state index < -0.39 is 0 Å². The number of unbranched alkanes of at least 4 members (excludes halogenated alkanes) is 34. The van der Waals surface area contributed by atoms with Gasteiger partial charge in [-0.2, -0.15) is 0 Å². The zero-order valence-electron chi connectivity index (χ0n) is 37.1. The van der Waals surface area contributed by atoms with Gasteiger partial charge in [0.1, 0.15) is 11.5 Å². The van der Waals surface area contributed by atoms with Crippen LogP contribution >= 0.6 is 0 Å². The minimum atomic E-state index is -0.108. The van der Waals surface area contributed by atoms with Crippen LogP contribution in [0.25, 0.3) is 0 Å². The van der Waals surface area contributed by atoms with Crippen molar-refractivity contribution >= 4 is 0 Å². The van der Waals surface area contributed by atoms with Crippen molar-refractivity contribution in [3.63, 3.8) is 0 Å². The molecule has 0 amide bonds. The number of hydrogen-bond donors (Lipinski definition) is 1. The molecule has 1 rings (SSSR count). The van der Waals surface area contributed by atoms with E-state index in [4.69, 9.17) is 9.47 Å². The third kappa shape index (κ3) is 36.4. The zero-order chi connectivity index (χ0) is 38.8. The smallest absolute Gasteiger partial charge is 0.123 e. The summed E-state index contributed by atoms with van der Waals surface area (Å²) in [6.45, 7) is 8.27. The molecule has 318 valence electrons. The van der Waals surface area contributed by atoms with E-state index in [2.05, 4.69) is 39.0 Å². The van der Waals surface area contributed by atoms with Crippen molar-refractivity contribution in [3.8, 4) is 11.5 Å². The Morgan fingerprint density at radius 3 is 0.870 bits per heavy atom. The second-order valence-electron chi connectivity index (χ2n) is 17.3. The molecule has 3 heteroatoms. The standard InChI is InChI=1S/C51H96O3/c1-4-6-8-10-12-14-16-18-19-20-21-22-23-24-26-28-30-32-35-39-43-53-50-45-48(3)46-51(47-50)54-44-40-36-34-38-42-49(52)41-37-33-31-29-27-25-17-15-13-11-9-7-5-2/h45-47,49,52H,4-44H2,1-3H3. The van der Waals surface area contributed by atoms with E-state index >= 15 is 0 Å². The molecule has 0 saturated carbocycles. The minimum absolute atomic E-state index is 0.108. The van der Waals surface area contributed by atoms with Crippen LogP contribution in [-0.2, 0) is 0 Å². The molecule has 1 N–H and O–H groups in total. The molecule has 0 radical (unpaired) electrons. The molecule has 1 unspecified atom stereocenters. The Bertz CT molecular complexity index is 868. The summed E-state index contributed by atoms with van der Waals surface area (Å²) in [5.41, 5.74) is 1.20. The monoisotopic (exact) mass is 757 g/mol. The first kappa shape index (κ1) is 50.8. The summed E-state index contributed by atoms with van der Waals surface area (Å²) in [5, 5.41) is 10.4. The summed E-state index contributed by atoms with van der Waals surface area (Å²) in [5.74, 6) is 1.88. The summed E-state index contributed by atoms with van der Waals surface area (Å²) in [4.78, 5) is 0. The lowest BCUT2D eigenvalue weighted by Gasteiger charge is -2.12. The first-order valence-electron chi connectivity index (χ1n) is 24.7. The van der Waals surface area contributed by atoms with Crippen molar-refractivity contribution in [1.29, 1.82) is 0 Å². The van der Waals surface area contributed by atoms with Crippen molar-refractivity contribution < 1.29 is 14.6 Å². The fourth-order valence-corrected chi connectivity index (χ4v) is 8.00. The third-order valence-corrected chi connectivity index (χ3v) is 11.6. The summed E-state index contributed by atoms with van der Waals surface area (Å²) < 4.78 is 12.2. The van der Waals surface area contributed by atoms with Crippen LogP contribution in [-0.4, -0.2) is 24.4 Å². The number of hydrogen-bond acceptors (Lipinski definition) is 3. The summed E-state index contributed by atoms with van der Waals surface area (Å²) in [6, 6.07) is 6.32. The van der Waals surface area contributed by atoms with Crippen LogP contribution in [0.2, 0.25) is 0 Å². The zero-order valence-corrected chi connectivity index (χ0v) is 37.1. The summed E-state index contributed by atoms with van der Waals surface area (Å²) in [6.07, 6.45) is 52.5. The van der Waals surface area contributed by atoms with Gasteiger partial charge in [-0.25, -0.2) is 0 Å². The maximum absolute atomic E-state index is 10.4. The molecule has 1 atom stereocenters. The second kappa shape index (κ2) is 41.4. The average Bonchev–Trinajstić information content (AvgIpc) is 3.16. The molecule has 54 heavy (non-hydrogen) atoms. The third-order valence-electron chi connectivity index (χ3n) is 11.6. The first-order valence-corrected chi connectivity index (χ1v) is 24.7. The van der Waals surface area contributed by atoms with Crippen LogP contribution in [0.5, 0.6) is 11.5 Å². The lowest BCUT2D eigenvalue weighted by molar-refractivity contribution is 0.147. The van der Waals surface area contributed by atoms with Crippen molar-refractivity contribution in [2.45, 2.75) is 277 Å². The van der Waals surface area contributed by atoms with Crippen LogP contribution in [0.1, 0.15) is 270 Å². The average molecular weight is 757 g/mol.